The first kappa shape index (κ1) is 16.2. The van der Waals surface area contributed by atoms with E-state index in [1.165, 1.54) is 28.2 Å². The molecule has 1 aliphatic heterocycles. The molecule has 1 saturated heterocycles. The fourth-order valence-corrected chi connectivity index (χ4v) is 3.11. The molecule has 0 aliphatic carbocycles. The second-order valence-electron chi connectivity index (χ2n) is 4.46. The number of amides is 3. The summed E-state index contributed by atoms with van der Waals surface area (Å²) in [5.41, 5.74) is -3.73. The van der Waals surface area contributed by atoms with Gasteiger partial charge in [0.2, 0.25) is 10.0 Å². The Hall–Kier alpha value is -2.14. The van der Waals surface area contributed by atoms with Crippen molar-refractivity contribution in [1.82, 2.24) is 14.9 Å². The molecule has 1 heterocycles. The molecule has 1 aliphatic rings. The summed E-state index contributed by atoms with van der Waals surface area (Å²) >= 11 is 0. The number of nitrogens with one attached hydrogen (secondary N) is 2. The Morgan fingerprint density at radius 1 is 1.18 bits per heavy atom. The molecule has 22 heavy (non-hydrogen) atoms. The van der Waals surface area contributed by atoms with Gasteiger partial charge < -0.3 is 5.32 Å². The van der Waals surface area contributed by atoms with Gasteiger partial charge in [-0.3, -0.25) is 9.69 Å². The zero-order valence-corrected chi connectivity index (χ0v) is 11.8. The van der Waals surface area contributed by atoms with E-state index < -0.39 is 38.7 Å². The van der Waals surface area contributed by atoms with Gasteiger partial charge in [-0.05, 0) is 12.1 Å². The molecule has 120 valence electrons. The molecule has 1 fully saturated rings. The maximum atomic E-state index is 13.3. The number of sulfonamides is 1. The van der Waals surface area contributed by atoms with Gasteiger partial charge in [-0.2, -0.15) is 17.9 Å². The summed E-state index contributed by atoms with van der Waals surface area (Å²) in [7, 11) is -3.89. The van der Waals surface area contributed by atoms with Crippen LogP contribution in [-0.2, 0) is 14.8 Å². The molecule has 7 nitrogen and oxygen atoms in total. The van der Waals surface area contributed by atoms with Crippen LogP contribution >= 0.6 is 0 Å². The molecule has 0 aromatic heterocycles. The molecule has 0 radical (unpaired) electrons. The summed E-state index contributed by atoms with van der Waals surface area (Å²) in [6.45, 7) is 0. The quantitative estimate of drug-likeness (QED) is 0.781. The lowest BCUT2D eigenvalue weighted by molar-refractivity contribution is -0.197. The molecule has 2 rings (SSSR count). The molecule has 2 N–H and O–H groups in total. The van der Waals surface area contributed by atoms with Gasteiger partial charge in [0.15, 0.2) is 0 Å². The first-order valence-corrected chi connectivity index (χ1v) is 7.26. The zero-order valence-electron chi connectivity index (χ0n) is 11.0. The Morgan fingerprint density at radius 3 is 2.14 bits per heavy atom. The molecule has 11 heteroatoms. The molecule has 3 amide bonds. The summed E-state index contributed by atoms with van der Waals surface area (Å²) in [5.74, 6) is -1.76. The van der Waals surface area contributed by atoms with Gasteiger partial charge in [0.05, 0.1) is 4.90 Å². The van der Waals surface area contributed by atoms with Crippen LogP contribution in [0.4, 0.5) is 18.0 Å². The summed E-state index contributed by atoms with van der Waals surface area (Å²) in [6, 6.07) is 4.81. The summed E-state index contributed by atoms with van der Waals surface area (Å²) < 4.78 is 65.2. The standard InChI is InChI=1S/C11H10F3N3O4S/c1-17-8(18)10(11(12,13)14,15-9(17)19)16-22(20,21)7-5-3-2-4-6-7/h2-6,16H,1H3,(H,15,19)/t10-/m1/s1. The van der Waals surface area contributed by atoms with Crippen molar-refractivity contribution in [2.24, 2.45) is 0 Å². The SMILES string of the molecule is CN1C(=O)N[C@](NS(=O)(=O)c2ccccc2)(C(F)(F)F)C1=O. The third-order valence-corrected chi connectivity index (χ3v) is 4.46. The van der Waals surface area contributed by atoms with Crippen molar-refractivity contribution in [3.05, 3.63) is 30.3 Å². The number of likely N-dealkylation sites (N-methyl/N-ethyl adjacent to an activating group) is 1. The lowest BCUT2D eigenvalue weighted by Gasteiger charge is -2.29. The lowest BCUT2D eigenvalue weighted by atomic mass is 10.2. The second kappa shape index (κ2) is 4.95. The zero-order chi connectivity index (χ0) is 16.8. The Labute approximate surface area is 123 Å². The number of hydrogen-bond donors (Lipinski definition) is 2. The highest BCUT2D eigenvalue weighted by Gasteiger charge is 2.68. The van der Waals surface area contributed by atoms with Crippen molar-refractivity contribution < 1.29 is 31.2 Å². The number of carbonyl (C=O) groups is 2. The average molecular weight is 337 g/mol. The number of carbonyl (C=O) groups excluding carboxylic acids is 2. The highest BCUT2D eigenvalue weighted by Crippen LogP contribution is 2.34. The fraction of sp³-hybridized carbons (Fsp3) is 0.273. The number of rotatable bonds is 3. The van der Waals surface area contributed by atoms with E-state index in [4.69, 9.17) is 0 Å². The second-order valence-corrected chi connectivity index (χ2v) is 6.14. The molecule has 0 saturated carbocycles. The Balaban J connectivity index is 2.51. The van der Waals surface area contributed by atoms with Crippen LogP contribution in [0, 0.1) is 0 Å². The van der Waals surface area contributed by atoms with E-state index >= 15 is 0 Å². The number of alkyl halides is 3. The van der Waals surface area contributed by atoms with E-state index in [-0.39, 0.29) is 4.90 Å². The summed E-state index contributed by atoms with van der Waals surface area (Å²) in [4.78, 5) is 22.8. The highest BCUT2D eigenvalue weighted by atomic mass is 32.2. The third kappa shape index (κ3) is 2.41. The van der Waals surface area contributed by atoms with Crippen LogP contribution in [-0.4, -0.2) is 44.1 Å². The van der Waals surface area contributed by atoms with Crippen molar-refractivity contribution in [3.8, 4) is 0 Å². The van der Waals surface area contributed by atoms with Crippen LogP contribution < -0.4 is 10.0 Å². The molecular weight excluding hydrogens is 327 g/mol. The molecule has 0 bridgehead atoms. The maximum absolute atomic E-state index is 13.3. The molecule has 1 atom stereocenters. The Morgan fingerprint density at radius 2 is 1.73 bits per heavy atom. The number of imide groups is 1. The van der Waals surface area contributed by atoms with Crippen molar-refractivity contribution in [1.29, 1.82) is 0 Å². The first-order chi connectivity index (χ1) is 10.0. The van der Waals surface area contributed by atoms with Gasteiger partial charge in [-0.15, -0.1) is 0 Å². The van der Waals surface area contributed by atoms with Gasteiger partial charge in [0.25, 0.3) is 11.6 Å². The van der Waals surface area contributed by atoms with Crippen LogP contribution in [0.15, 0.2) is 35.2 Å². The van der Waals surface area contributed by atoms with Gasteiger partial charge in [0.1, 0.15) is 0 Å². The number of halogens is 3. The smallest absolute Gasteiger partial charge is 0.303 e. The van der Waals surface area contributed by atoms with Crippen molar-refractivity contribution in [2.75, 3.05) is 7.05 Å². The number of benzene rings is 1. The maximum Gasteiger partial charge on any atom is 0.435 e. The Bertz CT molecular complexity index is 720. The van der Waals surface area contributed by atoms with Crippen LogP contribution in [0.25, 0.3) is 0 Å². The van der Waals surface area contributed by atoms with Gasteiger partial charge in [-0.25, -0.2) is 13.2 Å². The predicted octanol–water partition coefficient (Wildman–Crippen LogP) is 0.405. The van der Waals surface area contributed by atoms with Crippen LogP contribution in [0.5, 0.6) is 0 Å². The highest BCUT2D eigenvalue weighted by molar-refractivity contribution is 7.89. The summed E-state index contributed by atoms with van der Waals surface area (Å²) in [6.07, 6.45) is -5.37. The predicted molar refractivity (Wildman–Crippen MR) is 66.9 cm³/mol. The third-order valence-electron chi connectivity index (χ3n) is 2.99. The minimum absolute atomic E-state index is 0.154. The van der Waals surface area contributed by atoms with Crippen molar-refractivity contribution >= 4 is 22.0 Å². The molecular formula is C11H10F3N3O4S. The monoisotopic (exact) mass is 337 g/mol. The normalized spacial score (nSPS) is 22.8. The molecule has 0 spiro atoms. The molecule has 1 aromatic rings. The minimum Gasteiger partial charge on any atom is -0.303 e. The number of nitrogens with zero attached hydrogens (tertiary/aromatic N) is 1. The van der Waals surface area contributed by atoms with E-state index in [9.17, 15) is 31.2 Å². The van der Waals surface area contributed by atoms with Crippen molar-refractivity contribution in [3.63, 3.8) is 0 Å². The van der Waals surface area contributed by atoms with Gasteiger partial charge in [0, 0.05) is 7.05 Å². The van der Waals surface area contributed by atoms with E-state index in [0.717, 1.165) is 19.2 Å². The van der Waals surface area contributed by atoms with E-state index in [0.29, 0.717) is 0 Å². The van der Waals surface area contributed by atoms with Crippen LogP contribution in [0.2, 0.25) is 0 Å². The number of hydrogen-bond acceptors (Lipinski definition) is 4. The summed E-state index contributed by atoms with van der Waals surface area (Å²) in [5, 5.41) is 1.35. The van der Waals surface area contributed by atoms with Crippen LogP contribution in [0.1, 0.15) is 0 Å². The lowest BCUT2D eigenvalue weighted by Crippen LogP contribution is -2.69. The van der Waals surface area contributed by atoms with E-state index in [2.05, 4.69) is 0 Å². The largest absolute Gasteiger partial charge is 0.435 e. The van der Waals surface area contributed by atoms with Crippen LogP contribution in [0.3, 0.4) is 0 Å². The Kier molecular flexibility index (Phi) is 3.65. The number of urea groups is 1. The average Bonchev–Trinajstić information content (AvgIpc) is 2.64. The fourth-order valence-electron chi connectivity index (χ4n) is 1.82. The topological polar surface area (TPSA) is 95.6 Å². The minimum atomic E-state index is -5.37. The molecule has 1 aromatic carbocycles. The molecule has 0 unspecified atom stereocenters. The van der Waals surface area contributed by atoms with Gasteiger partial charge in [-0.1, -0.05) is 18.2 Å². The van der Waals surface area contributed by atoms with E-state index in [1.54, 1.807) is 0 Å². The van der Waals surface area contributed by atoms with Crippen molar-refractivity contribution in [2.45, 2.75) is 16.7 Å². The van der Waals surface area contributed by atoms with Gasteiger partial charge >= 0.3 is 12.2 Å². The first-order valence-electron chi connectivity index (χ1n) is 5.77. The van der Waals surface area contributed by atoms with E-state index in [1.807, 2.05) is 0 Å².